The second-order valence-corrected chi connectivity index (χ2v) is 6.95. The van der Waals surface area contributed by atoms with Crippen LogP contribution >= 0.6 is 0 Å². The summed E-state index contributed by atoms with van der Waals surface area (Å²) in [5.74, 6) is -0.449. The maximum Gasteiger partial charge on any atom is 0.229 e. The van der Waals surface area contributed by atoms with E-state index in [-0.39, 0.29) is 23.7 Å². The maximum atomic E-state index is 12.5. The SMILES string of the molecule is CN1CCC(C(=O)Nc2nccc(C(C#N)c3nc4ccccc4o3)n2)CC1. The van der Waals surface area contributed by atoms with Crippen LogP contribution in [0.1, 0.15) is 30.3 Å². The molecule has 28 heavy (non-hydrogen) atoms. The monoisotopic (exact) mass is 376 g/mol. The molecule has 0 saturated carbocycles. The molecule has 142 valence electrons. The second-order valence-electron chi connectivity index (χ2n) is 6.95. The number of oxazole rings is 1. The average molecular weight is 376 g/mol. The van der Waals surface area contributed by atoms with E-state index in [1.807, 2.05) is 18.2 Å². The average Bonchev–Trinajstić information content (AvgIpc) is 3.13. The van der Waals surface area contributed by atoms with Crippen molar-refractivity contribution in [1.29, 1.82) is 5.26 Å². The quantitative estimate of drug-likeness (QED) is 0.745. The highest BCUT2D eigenvalue weighted by molar-refractivity contribution is 5.91. The van der Waals surface area contributed by atoms with Crippen LogP contribution in [0.5, 0.6) is 0 Å². The largest absolute Gasteiger partial charge is 0.439 e. The van der Waals surface area contributed by atoms with Gasteiger partial charge in [-0.1, -0.05) is 12.1 Å². The van der Waals surface area contributed by atoms with E-state index in [4.69, 9.17) is 4.42 Å². The number of amides is 1. The third-order valence-electron chi connectivity index (χ3n) is 4.98. The number of nitriles is 1. The van der Waals surface area contributed by atoms with Gasteiger partial charge in [0.05, 0.1) is 11.8 Å². The molecule has 1 unspecified atom stereocenters. The van der Waals surface area contributed by atoms with Gasteiger partial charge in [-0.3, -0.25) is 10.1 Å². The Labute approximate surface area is 162 Å². The third kappa shape index (κ3) is 3.70. The number of carbonyl (C=O) groups excluding carboxylic acids is 1. The van der Waals surface area contributed by atoms with Gasteiger partial charge in [-0.15, -0.1) is 0 Å². The number of anilines is 1. The number of hydrogen-bond acceptors (Lipinski definition) is 7. The zero-order valence-corrected chi connectivity index (χ0v) is 15.5. The van der Waals surface area contributed by atoms with E-state index >= 15 is 0 Å². The number of rotatable bonds is 4. The minimum Gasteiger partial charge on any atom is -0.439 e. The summed E-state index contributed by atoms with van der Waals surface area (Å²) in [6.07, 6.45) is 3.15. The highest BCUT2D eigenvalue weighted by Crippen LogP contribution is 2.26. The van der Waals surface area contributed by atoms with Crippen molar-refractivity contribution in [3.8, 4) is 6.07 Å². The number of nitrogens with zero attached hydrogens (tertiary/aromatic N) is 5. The van der Waals surface area contributed by atoms with Crippen LogP contribution in [-0.2, 0) is 4.79 Å². The second kappa shape index (κ2) is 7.74. The molecule has 1 aliphatic rings. The summed E-state index contributed by atoms with van der Waals surface area (Å²) in [6.45, 7) is 1.79. The molecule has 1 N–H and O–H groups in total. The lowest BCUT2D eigenvalue weighted by Gasteiger charge is -2.27. The van der Waals surface area contributed by atoms with Crippen LogP contribution in [-0.4, -0.2) is 45.9 Å². The fraction of sp³-hybridized carbons (Fsp3) is 0.350. The molecule has 1 atom stereocenters. The topological polar surface area (TPSA) is 108 Å². The molecule has 3 heterocycles. The van der Waals surface area contributed by atoms with E-state index in [0.29, 0.717) is 16.8 Å². The number of piperidine rings is 1. The van der Waals surface area contributed by atoms with Gasteiger partial charge in [0.1, 0.15) is 5.52 Å². The smallest absolute Gasteiger partial charge is 0.229 e. The van der Waals surface area contributed by atoms with Crippen LogP contribution in [0, 0.1) is 17.2 Å². The first kappa shape index (κ1) is 18.1. The Morgan fingerprint density at radius 2 is 2.07 bits per heavy atom. The van der Waals surface area contributed by atoms with Crippen LogP contribution in [0.15, 0.2) is 40.9 Å². The highest BCUT2D eigenvalue weighted by atomic mass is 16.3. The van der Waals surface area contributed by atoms with Crippen molar-refractivity contribution in [2.75, 3.05) is 25.5 Å². The normalized spacial score (nSPS) is 16.6. The predicted molar refractivity (Wildman–Crippen MR) is 102 cm³/mol. The molecule has 0 bridgehead atoms. The van der Waals surface area contributed by atoms with Crippen LogP contribution < -0.4 is 5.32 Å². The summed E-state index contributed by atoms with van der Waals surface area (Å²) in [7, 11) is 2.05. The predicted octanol–water partition coefficient (Wildman–Crippen LogP) is 2.55. The molecule has 4 rings (SSSR count). The van der Waals surface area contributed by atoms with E-state index in [2.05, 4.69) is 38.3 Å². The van der Waals surface area contributed by atoms with Crippen molar-refractivity contribution >= 4 is 23.0 Å². The van der Waals surface area contributed by atoms with E-state index in [1.54, 1.807) is 12.1 Å². The molecular weight excluding hydrogens is 356 g/mol. The van der Waals surface area contributed by atoms with E-state index in [0.717, 1.165) is 25.9 Å². The van der Waals surface area contributed by atoms with Crippen molar-refractivity contribution in [3.63, 3.8) is 0 Å². The van der Waals surface area contributed by atoms with Crippen LogP contribution in [0.2, 0.25) is 0 Å². The maximum absolute atomic E-state index is 12.5. The molecule has 0 spiro atoms. The Kier molecular flexibility index (Phi) is 5.00. The van der Waals surface area contributed by atoms with Gasteiger partial charge in [0.2, 0.25) is 17.7 Å². The lowest BCUT2D eigenvalue weighted by atomic mass is 9.96. The van der Waals surface area contributed by atoms with Crippen molar-refractivity contribution in [1.82, 2.24) is 19.9 Å². The van der Waals surface area contributed by atoms with Crippen molar-refractivity contribution < 1.29 is 9.21 Å². The summed E-state index contributed by atoms with van der Waals surface area (Å²) in [6, 6.07) is 11.1. The van der Waals surface area contributed by atoms with Gasteiger partial charge >= 0.3 is 0 Å². The van der Waals surface area contributed by atoms with Crippen molar-refractivity contribution in [2.24, 2.45) is 5.92 Å². The number of nitrogens with one attached hydrogen (secondary N) is 1. The minimum absolute atomic E-state index is 0.0488. The highest BCUT2D eigenvalue weighted by Gasteiger charge is 2.25. The van der Waals surface area contributed by atoms with Crippen molar-refractivity contribution in [3.05, 3.63) is 48.1 Å². The van der Waals surface area contributed by atoms with Crippen LogP contribution in [0.3, 0.4) is 0 Å². The van der Waals surface area contributed by atoms with Gasteiger partial charge < -0.3 is 9.32 Å². The minimum atomic E-state index is -0.783. The Balaban J connectivity index is 1.53. The van der Waals surface area contributed by atoms with Crippen molar-refractivity contribution in [2.45, 2.75) is 18.8 Å². The first-order valence-corrected chi connectivity index (χ1v) is 9.21. The molecule has 0 radical (unpaired) electrons. The molecule has 1 amide bonds. The summed E-state index contributed by atoms with van der Waals surface area (Å²) in [5.41, 5.74) is 1.73. The Hall–Kier alpha value is -3.31. The molecule has 8 nitrogen and oxygen atoms in total. The number of carbonyl (C=O) groups is 1. The summed E-state index contributed by atoms with van der Waals surface area (Å²) in [4.78, 5) is 27.6. The van der Waals surface area contributed by atoms with Gasteiger partial charge in [-0.05, 0) is 51.2 Å². The van der Waals surface area contributed by atoms with Crippen LogP contribution in [0.4, 0.5) is 5.95 Å². The van der Waals surface area contributed by atoms with E-state index in [1.165, 1.54) is 6.20 Å². The number of para-hydroxylation sites is 2. The summed E-state index contributed by atoms with van der Waals surface area (Å²) >= 11 is 0. The molecular formula is C20H20N6O2. The van der Waals surface area contributed by atoms with Crippen LogP contribution in [0.25, 0.3) is 11.1 Å². The van der Waals surface area contributed by atoms with Gasteiger partial charge in [-0.25, -0.2) is 15.0 Å². The lowest BCUT2D eigenvalue weighted by molar-refractivity contribution is -0.121. The standard InChI is InChI=1S/C20H20N6O2/c1-26-10-7-13(8-11-26)18(27)25-20-22-9-6-15(24-20)14(12-21)19-23-16-4-2-3-5-17(16)28-19/h2-6,9,13-14H,7-8,10-11H2,1H3,(H,22,24,25,27). The number of likely N-dealkylation sites (tertiary alicyclic amines) is 1. The number of fused-ring (bicyclic) bond motifs is 1. The molecule has 0 aliphatic carbocycles. The third-order valence-corrected chi connectivity index (χ3v) is 4.98. The summed E-state index contributed by atoms with van der Waals surface area (Å²) < 4.78 is 5.72. The summed E-state index contributed by atoms with van der Waals surface area (Å²) in [5, 5.41) is 12.4. The Bertz CT molecular complexity index is 999. The van der Waals surface area contributed by atoms with Gasteiger partial charge in [0.25, 0.3) is 0 Å². The molecule has 1 aromatic carbocycles. The zero-order chi connectivity index (χ0) is 19.5. The fourth-order valence-corrected chi connectivity index (χ4v) is 3.34. The molecule has 2 aromatic heterocycles. The number of benzene rings is 1. The molecule has 1 fully saturated rings. The lowest BCUT2D eigenvalue weighted by Crippen LogP contribution is -2.36. The van der Waals surface area contributed by atoms with E-state index < -0.39 is 5.92 Å². The number of aromatic nitrogens is 3. The van der Waals surface area contributed by atoms with Gasteiger partial charge in [0, 0.05) is 12.1 Å². The molecule has 1 aliphatic heterocycles. The zero-order valence-electron chi connectivity index (χ0n) is 15.5. The Morgan fingerprint density at radius 1 is 1.29 bits per heavy atom. The molecule has 1 saturated heterocycles. The first-order chi connectivity index (χ1) is 13.6. The first-order valence-electron chi connectivity index (χ1n) is 9.21. The fourth-order valence-electron chi connectivity index (χ4n) is 3.34. The van der Waals surface area contributed by atoms with Gasteiger partial charge in [0.15, 0.2) is 11.5 Å². The molecule has 8 heteroatoms. The number of hydrogen-bond donors (Lipinski definition) is 1. The van der Waals surface area contributed by atoms with E-state index in [9.17, 15) is 10.1 Å². The van der Waals surface area contributed by atoms with Gasteiger partial charge in [-0.2, -0.15) is 5.26 Å². The molecule has 3 aromatic rings. The Morgan fingerprint density at radius 3 is 2.82 bits per heavy atom.